The van der Waals surface area contributed by atoms with E-state index in [1.165, 1.54) is 11.1 Å². The molecule has 0 saturated carbocycles. The fourth-order valence-electron chi connectivity index (χ4n) is 3.52. The second-order valence-corrected chi connectivity index (χ2v) is 5.96. The molecule has 2 atom stereocenters. The van der Waals surface area contributed by atoms with Gasteiger partial charge in [-0.05, 0) is 30.4 Å². The summed E-state index contributed by atoms with van der Waals surface area (Å²) in [6.07, 6.45) is 6.03. The maximum atomic E-state index is 11.0. The molecule has 1 aliphatic carbocycles. The maximum Gasteiger partial charge on any atom is 0.0929 e. The number of hydrogen-bond donors (Lipinski definition) is 2. The number of hydrogen-bond acceptors (Lipinski definition) is 3. The van der Waals surface area contributed by atoms with Gasteiger partial charge in [0, 0.05) is 30.3 Å². The molecule has 3 rings (SSSR count). The minimum atomic E-state index is -0.600. The van der Waals surface area contributed by atoms with E-state index in [2.05, 4.69) is 30.2 Å². The van der Waals surface area contributed by atoms with Crippen LogP contribution in [0.25, 0.3) is 0 Å². The van der Waals surface area contributed by atoms with Crippen molar-refractivity contribution in [2.45, 2.75) is 44.2 Å². The summed E-state index contributed by atoms with van der Waals surface area (Å²) in [6, 6.07) is 8.33. The minimum absolute atomic E-state index is 0.378. The third kappa shape index (κ3) is 2.28. The third-order valence-corrected chi connectivity index (χ3v) is 4.70. The number of rotatable bonds is 5. The zero-order valence-corrected chi connectivity index (χ0v) is 12.5. The quantitative estimate of drug-likeness (QED) is 0.885. The number of benzene rings is 1. The Labute approximate surface area is 125 Å². The molecule has 0 fully saturated rings. The second kappa shape index (κ2) is 5.62. The molecular formula is C17H23N3O. The molecule has 0 radical (unpaired) electrons. The number of nitrogens with zero attached hydrogens (tertiary/aromatic N) is 2. The van der Waals surface area contributed by atoms with Gasteiger partial charge in [-0.2, -0.15) is 5.10 Å². The number of aromatic nitrogens is 2. The van der Waals surface area contributed by atoms with Gasteiger partial charge in [0.2, 0.25) is 0 Å². The van der Waals surface area contributed by atoms with Crippen LogP contribution >= 0.6 is 0 Å². The predicted molar refractivity (Wildman–Crippen MR) is 83.0 cm³/mol. The summed E-state index contributed by atoms with van der Waals surface area (Å²) in [6.45, 7) is 3.44. The fourth-order valence-corrected chi connectivity index (χ4v) is 3.52. The first kappa shape index (κ1) is 14.3. The standard InChI is InChI=1S/C17H23N3O/c1-2-9-20-11-14(10-19-20)16(21)17(12-18)8-7-13-5-3-4-6-15(13)17/h3-6,10-11,16,21H,2,7-9,12,18H2,1H3. The van der Waals surface area contributed by atoms with Crippen LogP contribution in [0.15, 0.2) is 36.7 Å². The predicted octanol–water partition coefficient (Wildman–Crippen LogP) is 2.17. The molecule has 1 aliphatic rings. The van der Waals surface area contributed by atoms with Crippen LogP contribution in [0.1, 0.15) is 42.6 Å². The highest BCUT2D eigenvalue weighted by Gasteiger charge is 2.44. The van der Waals surface area contributed by atoms with Crippen molar-refractivity contribution in [3.8, 4) is 0 Å². The molecule has 1 heterocycles. The van der Waals surface area contributed by atoms with Crippen molar-refractivity contribution in [2.75, 3.05) is 6.54 Å². The fraction of sp³-hybridized carbons (Fsp3) is 0.471. The van der Waals surface area contributed by atoms with E-state index < -0.39 is 6.10 Å². The lowest BCUT2D eigenvalue weighted by molar-refractivity contribution is 0.0839. The van der Waals surface area contributed by atoms with Gasteiger partial charge < -0.3 is 10.8 Å². The molecule has 3 N–H and O–H groups in total. The topological polar surface area (TPSA) is 64.1 Å². The molecule has 0 bridgehead atoms. The Bertz CT molecular complexity index is 622. The van der Waals surface area contributed by atoms with Crippen LogP contribution in [0.3, 0.4) is 0 Å². The molecule has 0 amide bonds. The van der Waals surface area contributed by atoms with Crippen LogP contribution in [-0.4, -0.2) is 21.4 Å². The average molecular weight is 285 g/mol. The van der Waals surface area contributed by atoms with Crippen molar-refractivity contribution in [1.29, 1.82) is 0 Å². The number of aliphatic hydroxyl groups excluding tert-OH is 1. The van der Waals surface area contributed by atoms with Crippen LogP contribution in [0.5, 0.6) is 0 Å². The van der Waals surface area contributed by atoms with Gasteiger partial charge in [0.25, 0.3) is 0 Å². The molecule has 0 aliphatic heterocycles. The summed E-state index contributed by atoms with van der Waals surface area (Å²) < 4.78 is 1.89. The van der Waals surface area contributed by atoms with Crippen LogP contribution < -0.4 is 5.73 Å². The summed E-state index contributed by atoms with van der Waals surface area (Å²) in [7, 11) is 0. The highest BCUT2D eigenvalue weighted by molar-refractivity contribution is 5.42. The third-order valence-electron chi connectivity index (χ3n) is 4.70. The smallest absolute Gasteiger partial charge is 0.0929 e. The number of fused-ring (bicyclic) bond motifs is 1. The molecule has 112 valence electrons. The molecule has 1 aromatic carbocycles. The first-order valence-corrected chi connectivity index (χ1v) is 7.70. The molecule has 2 aromatic rings. The van der Waals surface area contributed by atoms with E-state index in [4.69, 9.17) is 5.73 Å². The number of aliphatic hydroxyl groups is 1. The van der Waals surface area contributed by atoms with E-state index in [9.17, 15) is 5.11 Å². The van der Waals surface area contributed by atoms with Crippen molar-refractivity contribution in [3.63, 3.8) is 0 Å². The monoisotopic (exact) mass is 285 g/mol. The zero-order valence-electron chi connectivity index (χ0n) is 12.5. The molecule has 4 nitrogen and oxygen atoms in total. The molecule has 1 aromatic heterocycles. The zero-order chi connectivity index (χ0) is 14.9. The van der Waals surface area contributed by atoms with Crippen LogP contribution in [0.2, 0.25) is 0 Å². The lowest BCUT2D eigenvalue weighted by Gasteiger charge is -2.33. The van der Waals surface area contributed by atoms with Gasteiger partial charge in [0.05, 0.1) is 12.3 Å². The summed E-state index contributed by atoms with van der Waals surface area (Å²) >= 11 is 0. The van der Waals surface area contributed by atoms with Gasteiger partial charge >= 0.3 is 0 Å². The van der Waals surface area contributed by atoms with Crippen molar-refractivity contribution < 1.29 is 5.11 Å². The van der Waals surface area contributed by atoms with Gasteiger partial charge in [-0.25, -0.2) is 0 Å². The number of aryl methyl sites for hydroxylation is 2. The second-order valence-electron chi connectivity index (χ2n) is 5.96. The molecular weight excluding hydrogens is 262 g/mol. The van der Waals surface area contributed by atoms with Gasteiger partial charge in [0.1, 0.15) is 0 Å². The Morgan fingerprint density at radius 2 is 2.24 bits per heavy atom. The van der Waals surface area contributed by atoms with Gasteiger partial charge in [0.15, 0.2) is 0 Å². The largest absolute Gasteiger partial charge is 0.387 e. The lowest BCUT2D eigenvalue weighted by Crippen LogP contribution is -2.39. The van der Waals surface area contributed by atoms with E-state index >= 15 is 0 Å². The van der Waals surface area contributed by atoms with E-state index in [1.807, 2.05) is 16.9 Å². The molecule has 4 heteroatoms. The lowest BCUT2D eigenvalue weighted by atomic mass is 9.75. The van der Waals surface area contributed by atoms with E-state index in [0.29, 0.717) is 6.54 Å². The highest BCUT2D eigenvalue weighted by atomic mass is 16.3. The summed E-state index contributed by atoms with van der Waals surface area (Å²) in [5.74, 6) is 0. The summed E-state index contributed by atoms with van der Waals surface area (Å²) in [5.41, 5.74) is 9.09. The Balaban J connectivity index is 1.96. The van der Waals surface area contributed by atoms with Crippen molar-refractivity contribution in [2.24, 2.45) is 5.73 Å². The maximum absolute atomic E-state index is 11.0. The van der Waals surface area contributed by atoms with Gasteiger partial charge in [-0.1, -0.05) is 31.2 Å². The molecule has 21 heavy (non-hydrogen) atoms. The van der Waals surface area contributed by atoms with Gasteiger partial charge in [-0.3, -0.25) is 4.68 Å². The Morgan fingerprint density at radius 3 is 3.00 bits per heavy atom. The molecule has 0 spiro atoms. The van der Waals surface area contributed by atoms with Crippen molar-refractivity contribution in [3.05, 3.63) is 53.3 Å². The van der Waals surface area contributed by atoms with Crippen LogP contribution in [0.4, 0.5) is 0 Å². The van der Waals surface area contributed by atoms with E-state index in [1.54, 1.807) is 6.20 Å². The van der Waals surface area contributed by atoms with E-state index in [0.717, 1.165) is 31.4 Å². The van der Waals surface area contributed by atoms with Crippen molar-refractivity contribution >= 4 is 0 Å². The molecule has 2 unspecified atom stereocenters. The minimum Gasteiger partial charge on any atom is -0.387 e. The SMILES string of the molecule is CCCn1cc(C(O)C2(CN)CCc3ccccc32)cn1. The highest BCUT2D eigenvalue weighted by Crippen LogP contribution is 2.46. The van der Waals surface area contributed by atoms with Crippen molar-refractivity contribution in [1.82, 2.24) is 9.78 Å². The Hall–Kier alpha value is -1.65. The van der Waals surface area contributed by atoms with E-state index in [-0.39, 0.29) is 5.41 Å². The average Bonchev–Trinajstić information content (AvgIpc) is 3.12. The Kier molecular flexibility index (Phi) is 3.83. The summed E-state index contributed by atoms with van der Waals surface area (Å²) in [5, 5.41) is 15.3. The van der Waals surface area contributed by atoms with Gasteiger partial charge in [-0.15, -0.1) is 0 Å². The summed E-state index contributed by atoms with van der Waals surface area (Å²) in [4.78, 5) is 0. The first-order chi connectivity index (χ1) is 10.2. The normalized spacial score (nSPS) is 22.2. The van der Waals surface area contributed by atoms with Crippen LogP contribution in [-0.2, 0) is 18.4 Å². The molecule has 0 saturated heterocycles. The number of nitrogens with two attached hydrogens (primary N) is 1. The first-order valence-electron chi connectivity index (χ1n) is 7.70. The Morgan fingerprint density at radius 1 is 1.43 bits per heavy atom. The van der Waals surface area contributed by atoms with Crippen LogP contribution in [0, 0.1) is 0 Å².